The van der Waals surface area contributed by atoms with E-state index in [1.807, 2.05) is 36.4 Å². The number of hydrogen-bond donors (Lipinski definition) is 2. The zero-order valence-corrected chi connectivity index (χ0v) is 57.6. The second-order valence-corrected chi connectivity index (χ2v) is 28.0. The Morgan fingerprint density at radius 2 is 0.900 bits per heavy atom. The average Bonchev–Trinajstić information content (AvgIpc) is 3.66. The number of halogens is 3. The van der Waals surface area contributed by atoms with E-state index < -0.39 is 73.4 Å². The van der Waals surface area contributed by atoms with Gasteiger partial charge < -0.3 is 41.0 Å². The minimum absolute atomic E-state index is 0. The van der Waals surface area contributed by atoms with Crippen LogP contribution in [0.1, 0.15) is 27.7 Å². The van der Waals surface area contributed by atoms with E-state index in [9.17, 15) is 45.0 Å². The van der Waals surface area contributed by atoms with Crippen molar-refractivity contribution in [3.63, 3.8) is 0 Å². The predicted octanol–water partition coefficient (Wildman–Crippen LogP) is -2.03. The van der Waals surface area contributed by atoms with Gasteiger partial charge >= 0.3 is 72.0 Å². The van der Waals surface area contributed by atoms with E-state index in [1.54, 1.807) is 50.2 Å². The monoisotopic (exact) mass is 1510 g/mol. The van der Waals surface area contributed by atoms with E-state index in [1.165, 1.54) is 91.2 Å². The third-order valence-corrected chi connectivity index (χ3v) is 13.6. The summed E-state index contributed by atoms with van der Waals surface area (Å²) in [4.78, 5) is 35.2. The molecular weight excluding hydrogens is 1450 g/mol. The molecule has 0 aliphatic carbocycles. The molecule has 1 aliphatic rings. The van der Waals surface area contributed by atoms with E-state index >= 15 is 0 Å². The Balaban J connectivity index is -0.000000159. The number of hydrogen-bond acceptors (Lipinski definition) is 23. The van der Waals surface area contributed by atoms with Crippen LogP contribution in [0.15, 0.2) is 134 Å². The van der Waals surface area contributed by atoms with Gasteiger partial charge in [-0.1, -0.05) is 14.9 Å². The number of carbonyl (C=O) groups excluding carboxylic acids is 2. The van der Waals surface area contributed by atoms with Gasteiger partial charge in [-0.2, -0.15) is 9.90 Å². The van der Waals surface area contributed by atoms with Gasteiger partial charge in [0.2, 0.25) is 11.8 Å². The summed E-state index contributed by atoms with van der Waals surface area (Å²) in [6.45, 7) is 0. The van der Waals surface area contributed by atoms with Crippen LogP contribution in [-0.4, -0.2) is 131 Å². The smallest absolute Gasteiger partial charge is 0.286 e. The molecule has 448 valence electrons. The minimum Gasteiger partial charge on any atom is -0.286 e. The third kappa shape index (κ3) is 38.2. The summed E-state index contributed by atoms with van der Waals surface area (Å²) in [6, 6.07) is 29.4. The van der Waals surface area contributed by atoms with Crippen LogP contribution in [0.3, 0.4) is 0 Å². The minimum atomic E-state index is -5.94. The number of nitrogens with zero attached hydrogens (tertiary/aromatic N) is 2. The molecule has 0 aromatic heterocycles. The normalized spacial score (nSPS) is 10.9. The maximum atomic E-state index is 11.4. The molecule has 5 aromatic carbocycles. The standard InChI is InChI=1S/C11H11NO3S.C8H9NO5S.C8H11NO3S.C8H10O3S.C8H10OS.2CH4.2ClH.IO4.H3N.Na.H2O.H3P.Sn/c1-15-8-2-4-9(5-3-8)16-12-10(13)6-7-11(12)14;1-14-8-4-3-6(15(2,12)13)5-7(8)9(10)11;1-12-8-4-3-6(5-7(8)9)13(2,10)11;1-11-7-3-5-8(6-4-7)12(2,9)10;1-9-7-3-5-8(10-2)6-4-7;;;;;2-1(3,4)5;;;;;/h2-5H,6-7H2,1H3;3-5H,1-2H3;3-5H,9H2,1-2H3;3-6H,1-2H3;3-6H,1-2H3;2*1H4;2*1H;;1H3;;1H2;1H3;/q;;;;;;;;;-1;;+1;;;+2/p-2. The van der Waals surface area contributed by atoms with Crippen molar-refractivity contribution in [3.8, 4) is 28.7 Å². The number of benzene rings is 5. The number of amides is 2. The number of nitrogens with two attached hydrogens (primary N) is 1. The van der Waals surface area contributed by atoms with Crippen LogP contribution in [0.25, 0.3) is 0 Å². The zero-order valence-electron chi connectivity index (χ0n) is 43.6. The number of imide groups is 1. The van der Waals surface area contributed by atoms with Crippen molar-refractivity contribution >= 4 is 123 Å². The van der Waals surface area contributed by atoms with Gasteiger partial charge in [0, 0.05) is 47.5 Å². The molecular formula is C45H67Cl2IN4NaO20PS5Sn. The first-order chi connectivity index (χ1) is 34.3. The van der Waals surface area contributed by atoms with E-state index in [2.05, 4.69) is 6.26 Å². The van der Waals surface area contributed by atoms with Crippen LogP contribution in [-0.2, 0) is 39.1 Å². The van der Waals surface area contributed by atoms with Gasteiger partial charge in [-0.25, -0.2) is 29.6 Å². The maximum Gasteiger partial charge on any atom is 1.00 e. The Hall–Kier alpha value is -2.71. The van der Waals surface area contributed by atoms with Gasteiger partial charge in [-0.3, -0.25) is 33.4 Å². The van der Waals surface area contributed by atoms with Crippen molar-refractivity contribution in [1.82, 2.24) is 10.5 Å². The molecule has 35 heteroatoms. The number of anilines is 1. The Labute approximate surface area is 526 Å². The largest absolute Gasteiger partial charge is 1.00 e. The number of thioether (sulfide) groups is 1. The van der Waals surface area contributed by atoms with E-state index in [0.717, 1.165) is 35.0 Å². The molecule has 2 amide bonds. The summed E-state index contributed by atoms with van der Waals surface area (Å²) in [6.07, 6.45) is 5.99. The molecule has 0 saturated carbocycles. The molecule has 80 heavy (non-hydrogen) atoms. The van der Waals surface area contributed by atoms with E-state index in [-0.39, 0.29) is 99.0 Å². The van der Waals surface area contributed by atoms with Crippen LogP contribution in [0.4, 0.5) is 11.4 Å². The van der Waals surface area contributed by atoms with Gasteiger partial charge in [0.05, 0.1) is 60.8 Å². The average molecular weight is 1510 g/mol. The molecule has 24 nitrogen and oxygen atoms in total. The first-order valence-corrected chi connectivity index (χ1v) is 38.2. The number of nitro benzene ring substituents is 1. The summed E-state index contributed by atoms with van der Waals surface area (Å²) in [7, 11) is 7.72. The van der Waals surface area contributed by atoms with Gasteiger partial charge in [0.25, 0.3) is 0 Å². The predicted molar refractivity (Wildman–Crippen MR) is 305 cm³/mol. The van der Waals surface area contributed by atoms with Gasteiger partial charge in [-0.15, -0.1) is 11.8 Å². The quantitative estimate of drug-likeness (QED) is 0.0157. The fraction of sp³-hybridized carbons (Fsp3) is 0.289. The van der Waals surface area contributed by atoms with Crippen LogP contribution >= 0.6 is 51.5 Å². The number of methoxy groups -OCH3 is 5. The molecule has 1 unspecified atom stereocenters. The molecule has 1 atom stereocenters. The van der Waals surface area contributed by atoms with Crippen molar-refractivity contribution < 1.29 is 132 Å². The van der Waals surface area contributed by atoms with Crippen LogP contribution in [0.5, 0.6) is 28.7 Å². The topological polar surface area (TPSA) is 414 Å². The number of carbonyl (C=O) groups is 2. The van der Waals surface area contributed by atoms with E-state index in [0.29, 0.717) is 34.9 Å². The molecule has 0 bridgehead atoms. The molecule has 1 fully saturated rings. The summed E-state index contributed by atoms with van der Waals surface area (Å²) in [5.41, 5.74) is 5.50. The fourth-order valence-corrected chi connectivity index (χ4v) is 8.11. The van der Waals surface area contributed by atoms with Crippen LogP contribution < -0.4 is 99.0 Å². The molecule has 7 N–H and O–H groups in total. The van der Waals surface area contributed by atoms with Crippen molar-refractivity contribution in [2.24, 2.45) is 0 Å². The Morgan fingerprint density at radius 1 is 0.600 bits per heavy atom. The second-order valence-electron chi connectivity index (χ2n) is 13.7. The van der Waals surface area contributed by atoms with Gasteiger partial charge in [-0.05, 0) is 121 Å². The summed E-state index contributed by atoms with van der Waals surface area (Å²) < 4.78 is 127. The maximum absolute atomic E-state index is 11.4. The third-order valence-electron chi connectivity index (χ3n) is 8.45. The van der Waals surface area contributed by atoms with E-state index in [4.69, 9.17) is 61.0 Å². The number of nitro groups is 1. The molecule has 2 radical (unpaired) electrons. The summed E-state index contributed by atoms with van der Waals surface area (Å²) in [5, 5.41) is 10.6. The molecule has 6 rings (SSSR count). The molecule has 0 spiro atoms. The number of rotatable bonds is 12. The fourth-order valence-electron chi connectivity index (χ4n) is 4.92. The van der Waals surface area contributed by atoms with Crippen molar-refractivity contribution in [1.29, 1.82) is 0 Å². The van der Waals surface area contributed by atoms with Crippen molar-refractivity contribution in [2.45, 2.75) is 52.2 Å². The van der Waals surface area contributed by atoms with Crippen molar-refractivity contribution in [3.05, 3.63) is 119 Å². The van der Waals surface area contributed by atoms with Gasteiger partial charge in [0.15, 0.2) is 35.3 Å². The summed E-state index contributed by atoms with van der Waals surface area (Å²) >= 11 is -3.87. The number of nitrogen functional groups attached to an aromatic ring is 1. The molecule has 1 heterocycles. The molecule has 5 aromatic rings. The van der Waals surface area contributed by atoms with Crippen molar-refractivity contribution in [2.75, 3.05) is 66.3 Å². The van der Waals surface area contributed by atoms with Gasteiger partial charge in [0.1, 0.15) is 43.1 Å². The Bertz CT molecular complexity index is 2870. The number of ether oxygens (including phenoxy) is 5. The first-order valence-electron chi connectivity index (χ1n) is 19.8. The molecule has 1 saturated heterocycles. The first kappa shape index (κ1) is 91.0. The van der Waals surface area contributed by atoms with Crippen LogP contribution in [0, 0.1) is 10.1 Å². The number of sulfone groups is 3. The second kappa shape index (κ2) is 45.7. The molecule has 1 aliphatic heterocycles. The SMILES string of the molecule is C.C.COc1ccc(S(C)(=O)=O)cc1.COc1ccc(S(C)(=O)=O)cc1N.COc1ccc(S(C)(=O)=O)cc1[N+](=O)[O-].COc1ccc(SC)cc1.COc1ccc(SN2C(=O)CCC2=O)cc1.N.O.P.[Cl][Sn][Cl].[Na+].[O-][I+3]([O-])([O-])[O-]. The Kier molecular flexibility index (Phi) is 52.0. The zero-order chi connectivity index (χ0) is 57.0. The van der Waals surface area contributed by atoms with Crippen LogP contribution in [0.2, 0.25) is 0 Å². The summed E-state index contributed by atoms with van der Waals surface area (Å²) in [5.74, 6) is 2.60. The Morgan fingerprint density at radius 3 is 1.19 bits per heavy atom.